The summed E-state index contributed by atoms with van der Waals surface area (Å²) in [4.78, 5) is 0. The molecule has 0 spiro atoms. The number of aliphatic hydroxyl groups is 1. The van der Waals surface area contributed by atoms with Gasteiger partial charge in [0.2, 0.25) is 0 Å². The highest BCUT2D eigenvalue weighted by atomic mass is 16.3. The molecule has 1 N–H and O–H groups in total. The molecular weight excluding hydrogens is 188 g/mol. The van der Waals surface area contributed by atoms with Crippen molar-refractivity contribution < 1.29 is 5.11 Å². The van der Waals surface area contributed by atoms with E-state index in [0.29, 0.717) is 6.04 Å². The molecule has 1 heterocycles. The maximum Gasteiger partial charge on any atom is 0.0797 e. The molecule has 1 rings (SSSR count). The zero-order chi connectivity index (χ0) is 11.6. The van der Waals surface area contributed by atoms with E-state index in [1.165, 1.54) is 0 Å². The molecule has 1 aromatic rings. The molecule has 0 aliphatic rings. The van der Waals surface area contributed by atoms with Gasteiger partial charge in [0, 0.05) is 11.3 Å². The van der Waals surface area contributed by atoms with E-state index in [9.17, 15) is 5.11 Å². The van der Waals surface area contributed by atoms with Crippen LogP contribution in [0.5, 0.6) is 0 Å². The normalized spacial score (nSPS) is 13.5. The third kappa shape index (κ3) is 2.23. The van der Waals surface area contributed by atoms with Gasteiger partial charge in [-0.3, -0.25) is 4.68 Å². The minimum atomic E-state index is -0.423. The maximum atomic E-state index is 9.67. The summed E-state index contributed by atoms with van der Waals surface area (Å²) in [6, 6.07) is 0.455. The lowest BCUT2D eigenvalue weighted by Gasteiger charge is -2.15. The summed E-state index contributed by atoms with van der Waals surface area (Å²) in [5, 5.41) is 14.2. The average molecular weight is 210 g/mol. The summed E-state index contributed by atoms with van der Waals surface area (Å²) in [6.45, 7) is 10.2. The van der Waals surface area contributed by atoms with Crippen molar-refractivity contribution in [2.45, 2.75) is 59.6 Å². The predicted octanol–water partition coefficient (Wildman–Crippen LogP) is 2.91. The summed E-state index contributed by atoms with van der Waals surface area (Å²) in [7, 11) is 0. The molecule has 0 bridgehead atoms. The van der Waals surface area contributed by atoms with Crippen LogP contribution in [-0.4, -0.2) is 14.9 Å². The Hall–Kier alpha value is -0.830. The third-order valence-electron chi connectivity index (χ3n) is 3.09. The third-order valence-corrected chi connectivity index (χ3v) is 3.09. The van der Waals surface area contributed by atoms with Crippen LogP contribution in [0, 0.1) is 13.8 Å². The Morgan fingerprint density at radius 1 is 1.27 bits per heavy atom. The van der Waals surface area contributed by atoms with E-state index in [1.54, 1.807) is 6.92 Å². The van der Waals surface area contributed by atoms with Gasteiger partial charge in [-0.1, -0.05) is 13.8 Å². The lowest BCUT2D eigenvalue weighted by Crippen LogP contribution is -2.11. The highest BCUT2D eigenvalue weighted by Gasteiger charge is 2.18. The highest BCUT2D eigenvalue weighted by Crippen LogP contribution is 2.25. The number of aromatic nitrogens is 2. The van der Waals surface area contributed by atoms with Crippen LogP contribution >= 0.6 is 0 Å². The molecule has 0 aromatic carbocycles. The van der Waals surface area contributed by atoms with Crippen molar-refractivity contribution >= 4 is 0 Å². The first-order valence-corrected chi connectivity index (χ1v) is 5.76. The fraction of sp³-hybridized carbons (Fsp3) is 0.750. The fourth-order valence-electron chi connectivity index (χ4n) is 2.27. The van der Waals surface area contributed by atoms with Gasteiger partial charge in [0.05, 0.1) is 17.8 Å². The molecule has 0 aliphatic heterocycles. The van der Waals surface area contributed by atoms with Crippen molar-refractivity contribution in [3.8, 4) is 0 Å². The van der Waals surface area contributed by atoms with E-state index in [0.717, 1.165) is 29.8 Å². The van der Waals surface area contributed by atoms with Gasteiger partial charge in [0.15, 0.2) is 0 Å². The Balaban J connectivity index is 3.16. The first kappa shape index (κ1) is 12.2. The highest BCUT2D eigenvalue weighted by molar-refractivity contribution is 5.26. The summed E-state index contributed by atoms with van der Waals surface area (Å²) in [5.74, 6) is 0. The molecule has 86 valence electrons. The predicted molar refractivity (Wildman–Crippen MR) is 62.0 cm³/mol. The summed E-state index contributed by atoms with van der Waals surface area (Å²) >= 11 is 0. The number of aliphatic hydroxyl groups excluding tert-OH is 1. The first-order valence-electron chi connectivity index (χ1n) is 5.76. The topological polar surface area (TPSA) is 38.0 Å². The fourth-order valence-corrected chi connectivity index (χ4v) is 2.27. The SMILES string of the molecule is CCC(CC)n1nc(C)c(C(C)O)c1C. The molecular formula is C12H22N2O. The zero-order valence-electron chi connectivity index (χ0n) is 10.4. The van der Waals surface area contributed by atoms with Crippen molar-refractivity contribution in [1.82, 2.24) is 9.78 Å². The molecule has 3 nitrogen and oxygen atoms in total. The van der Waals surface area contributed by atoms with Crippen LogP contribution < -0.4 is 0 Å². The molecule has 1 aromatic heterocycles. The maximum absolute atomic E-state index is 9.67. The van der Waals surface area contributed by atoms with Gasteiger partial charge in [-0.15, -0.1) is 0 Å². The van der Waals surface area contributed by atoms with Crippen LogP contribution in [0.3, 0.4) is 0 Å². The zero-order valence-corrected chi connectivity index (χ0v) is 10.4. The molecule has 0 radical (unpaired) electrons. The summed E-state index contributed by atoms with van der Waals surface area (Å²) in [6.07, 6.45) is 1.74. The largest absolute Gasteiger partial charge is 0.389 e. The average Bonchev–Trinajstić information content (AvgIpc) is 2.44. The monoisotopic (exact) mass is 210 g/mol. The second kappa shape index (κ2) is 4.79. The molecule has 1 unspecified atom stereocenters. The van der Waals surface area contributed by atoms with Gasteiger partial charge < -0.3 is 5.11 Å². The second-order valence-electron chi connectivity index (χ2n) is 4.18. The number of hydrogen-bond donors (Lipinski definition) is 1. The number of aryl methyl sites for hydroxylation is 1. The molecule has 0 saturated carbocycles. The van der Waals surface area contributed by atoms with Crippen LogP contribution in [0.15, 0.2) is 0 Å². The number of nitrogens with zero attached hydrogens (tertiary/aromatic N) is 2. The van der Waals surface area contributed by atoms with Crippen LogP contribution in [0.4, 0.5) is 0 Å². The van der Waals surface area contributed by atoms with E-state index in [1.807, 2.05) is 13.8 Å². The minimum Gasteiger partial charge on any atom is -0.389 e. The van der Waals surface area contributed by atoms with Crippen molar-refractivity contribution in [3.63, 3.8) is 0 Å². The van der Waals surface area contributed by atoms with Crippen LogP contribution in [0.2, 0.25) is 0 Å². The smallest absolute Gasteiger partial charge is 0.0797 e. The van der Waals surface area contributed by atoms with E-state index in [4.69, 9.17) is 0 Å². The van der Waals surface area contributed by atoms with Crippen LogP contribution in [-0.2, 0) is 0 Å². The quantitative estimate of drug-likeness (QED) is 0.829. The van der Waals surface area contributed by atoms with Gasteiger partial charge in [-0.25, -0.2) is 0 Å². The Labute approximate surface area is 92.1 Å². The summed E-state index contributed by atoms with van der Waals surface area (Å²) in [5.41, 5.74) is 3.05. The lowest BCUT2D eigenvalue weighted by molar-refractivity contribution is 0.197. The van der Waals surface area contributed by atoms with Crippen molar-refractivity contribution in [1.29, 1.82) is 0 Å². The van der Waals surface area contributed by atoms with Gasteiger partial charge >= 0.3 is 0 Å². The van der Waals surface area contributed by atoms with E-state index >= 15 is 0 Å². The van der Waals surface area contributed by atoms with E-state index in [2.05, 4.69) is 23.6 Å². The Kier molecular flexibility index (Phi) is 3.91. The van der Waals surface area contributed by atoms with Gasteiger partial charge in [0.1, 0.15) is 0 Å². The minimum absolute atomic E-state index is 0.423. The molecule has 3 heteroatoms. The first-order chi connectivity index (χ1) is 7.02. The van der Waals surface area contributed by atoms with Gasteiger partial charge in [-0.2, -0.15) is 5.10 Å². The molecule has 0 amide bonds. The Morgan fingerprint density at radius 2 is 1.80 bits per heavy atom. The van der Waals surface area contributed by atoms with Crippen LogP contribution in [0.25, 0.3) is 0 Å². The molecule has 1 atom stereocenters. The molecule has 0 aliphatic carbocycles. The standard InChI is InChI=1S/C12H22N2O/c1-6-11(7-2)14-9(4)12(10(5)15)8(3)13-14/h10-11,15H,6-7H2,1-5H3. The van der Waals surface area contributed by atoms with Crippen LogP contribution in [0.1, 0.15) is 62.7 Å². The molecule has 15 heavy (non-hydrogen) atoms. The van der Waals surface area contributed by atoms with E-state index < -0.39 is 6.10 Å². The van der Waals surface area contributed by atoms with Crippen molar-refractivity contribution in [2.24, 2.45) is 0 Å². The van der Waals surface area contributed by atoms with Crippen molar-refractivity contribution in [2.75, 3.05) is 0 Å². The second-order valence-corrected chi connectivity index (χ2v) is 4.18. The molecule has 0 fully saturated rings. The van der Waals surface area contributed by atoms with E-state index in [-0.39, 0.29) is 0 Å². The molecule has 0 saturated heterocycles. The lowest BCUT2D eigenvalue weighted by atomic mass is 10.1. The number of hydrogen-bond acceptors (Lipinski definition) is 2. The van der Waals surface area contributed by atoms with Gasteiger partial charge in [0.25, 0.3) is 0 Å². The Bertz CT molecular complexity index is 325. The van der Waals surface area contributed by atoms with Crippen molar-refractivity contribution in [3.05, 3.63) is 17.0 Å². The summed E-state index contributed by atoms with van der Waals surface area (Å²) < 4.78 is 2.07. The number of rotatable bonds is 4. The Morgan fingerprint density at radius 3 is 2.13 bits per heavy atom. The van der Waals surface area contributed by atoms with Gasteiger partial charge in [-0.05, 0) is 33.6 Å².